The van der Waals surface area contributed by atoms with Gasteiger partial charge in [-0.3, -0.25) is 0 Å². The molecule has 1 aliphatic rings. The maximum Gasteiger partial charge on any atom is 0.416 e. The summed E-state index contributed by atoms with van der Waals surface area (Å²) in [6.45, 7) is 0.107. The van der Waals surface area contributed by atoms with Crippen molar-refractivity contribution in [2.45, 2.75) is 31.5 Å². The van der Waals surface area contributed by atoms with Crippen LogP contribution in [0.25, 0.3) is 0 Å². The van der Waals surface area contributed by atoms with Crippen molar-refractivity contribution in [3.63, 3.8) is 0 Å². The molecule has 0 saturated heterocycles. The number of rotatable bonds is 3. The van der Waals surface area contributed by atoms with Gasteiger partial charge in [0.2, 0.25) is 0 Å². The molecule has 2 nitrogen and oxygen atoms in total. The molecule has 0 heterocycles. The second-order valence-electron chi connectivity index (χ2n) is 4.82. The lowest BCUT2D eigenvalue weighted by Crippen LogP contribution is -2.26. The zero-order chi connectivity index (χ0) is 14.0. The van der Waals surface area contributed by atoms with Crippen LogP contribution in [0.3, 0.4) is 0 Å². The first kappa shape index (κ1) is 14.7. The van der Waals surface area contributed by atoms with E-state index in [1.165, 1.54) is 6.07 Å². The van der Waals surface area contributed by atoms with Crippen LogP contribution in [-0.2, 0) is 6.18 Å². The molecule has 1 fully saturated rings. The number of nitrogens with one attached hydrogen (secondary N) is 1. The van der Waals surface area contributed by atoms with Gasteiger partial charge in [0.25, 0.3) is 0 Å². The average molecular weight is 338 g/mol. The molecule has 6 heteroatoms. The largest absolute Gasteiger partial charge is 0.416 e. The van der Waals surface area contributed by atoms with Crippen LogP contribution in [0.2, 0.25) is 0 Å². The van der Waals surface area contributed by atoms with Crippen molar-refractivity contribution >= 4 is 21.6 Å². The van der Waals surface area contributed by atoms with Gasteiger partial charge in [-0.05, 0) is 47.0 Å². The van der Waals surface area contributed by atoms with E-state index in [1.54, 1.807) is 0 Å². The summed E-state index contributed by atoms with van der Waals surface area (Å²) in [4.78, 5) is 0. The standard InChI is InChI=1S/C13H15BrF3NO/c14-10-6-9(13(15,16)17)4-5-12(10)18-11-3-1-2-8(11)7-19/h4-6,8,11,18-19H,1-3,7H2. The van der Waals surface area contributed by atoms with Crippen LogP contribution in [0.4, 0.5) is 18.9 Å². The molecule has 0 aliphatic heterocycles. The van der Waals surface area contributed by atoms with E-state index in [0.717, 1.165) is 31.4 Å². The topological polar surface area (TPSA) is 32.3 Å². The Bertz CT molecular complexity index is 450. The second-order valence-corrected chi connectivity index (χ2v) is 5.67. The molecule has 0 radical (unpaired) electrons. The molecule has 1 aromatic carbocycles. The van der Waals surface area contributed by atoms with E-state index in [1.807, 2.05) is 0 Å². The molecular weight excluding hydrogens is 323 g/mol. The van der Waals surface area contributed by atoms with Crippen LogP contribution in [0, 0.1) is 5.92 Å². The minimum Gasteiger partial charge on any atom is -0.396 e. The summed E-state index contributed by atoms with van der Waals surface area (Å²) in [7, 11) is 0. The third-order valence-electron chi connectivity index (χ3n) is 3.53. The molecule has 1 aromatic rings. The third-order valence-corrected chi connectivity index (χ3v) is 4.19. The highest BCUT2D eigenvalue weighted by Gasteiger charge is 2.31. The number of hydrogen-bond acceptors (Lipinski definition) is 2. The minimum absolute atomic E-state index is 0.107. The Balaban J connectivity index is 2.13. The number of aliphatic hydroxyl groups is 1. The van der Waals surface area contributed by atoms with Crippen molar-refractivity contribution in [2.24, 2.45) is 5.92 Å². The minimum atomic E-state index is -4.33. The van der Waals surface area contributed by atoms with Gasteiger partial charge in [-0.2, -0.15) is 13.2 Å². The lowest BCUT2D eigenvalue weighted by Gasteiger charge is -2.21. The molecule has 0 amide bonds. The van der Waals surface area contributed by atoms with Crippen molar-refractivity contribution in [3.8, 4) is 0 Å². The third kappa shape index (κ3) is 3.42. The fraction of sp³-hybridized carbons (Fsp3) is 0.538. The Kier molecular flexibility index (Phi) is 4.40. The molecule has 0 aromatic heterocycles. The van der Waals surface area contributed by atoms with E-state index in [4.69, 9.17) is 0 Å². The maximum atomic E-state index is 12.5. The quantitative estimate of drug-likeness (QED) is 0.872. The average Bonchev–Trinajstić information content (AvgIpc) is 2.77. The molecule has 2 rings (SSSR count). The highest BCUT2D eigenvalue weighted by Crippen LogP contribution is 2.35. The molecule has 2 N–H and O–H groups in total. The fourth-order valence-electron chi connectivity index (χ4n) is 2.45. The van der Waals surface area contributed by atoms with E-state index in [9.17, 15) is 18.3 Å². The van der Waals surface area contributed by atoms with E-state index in [-0.39, 0.29) is 18.6 Å². The predicted molar refractivity (Wildman–Crippen MR) is 71.0 cm³/mol. The van der Waals surface area contributed by atoms with Gasteiger partial charge in [0.15, 0.2) is 0 Å². The number of aliphatic hydroxyl groups excluding tert-OH is 1. The number of benzene rings is 1. The Morgan fingerprint density at radius 1 is 1.32 bits per heavy atom. The van der Waals surface area contributed by atoms with Gasteiger partial charge in [-0.1, -0.05) is 6.42 Å². The van der Waals surface area contributed by atoms with Crippen LogP contribution in [0.15, 0.2) is 22.7 Å². The lowest BCUT2D eigenvalue weighted by atomic mass is 10.0. The monoisotopic (exact) mass is 337 g/mol. The van der Waals surface area contributed by atoms with Crippen LogP contribution in [-0.4, -0.2) is 17.8 Å². The SMILES string of the molecule is OCC1CCCC1Nc1ccc(C(F)(F)F)cc1Br. The smallest absolute Gasteiger partial charge is 0.396 e. The van der Waals surface area contributed by atoms with E-state index >= 15 is 0 Å². The number of hydrogen-bond donors (Lipinski definition) is 2. The number of alkyl halides is 3. The fourth-order valence-corrected chi connectivity index (χ4v) is 2.95. The molecular formula is C13H15BrF3NO. The second kappa shape index (κ2) is 5.71. The molecule has 106 valence electrons. The molecule has 1 aliphatic carbocycles. The van der Waals surface area contributed by atoms with E-state index < -0.39 is 11.7 Å². The van der Waals surface area contributed by atoms with Crippen LogP contribution >= 0.6 is 15.9 Å². The van der Waals surface area contributed by atoms with Crippen molar-refractivity contribution in [3.05, 3.63) is 28.2 Å². The molecule has 2 atom stereocenters. The van der Waals surface area contributed by atoms with Gasteiger partial charge in [0.1, 0.15) is 0 Å². The van der Waals surface area contributed by atoms with Crippen LogP contribution in [0.1, 0.15) is 24.8 Å². The van der Waals surface area contributed by atoms with E-state index in [2.05, 4.69) is 21.2 Å². The van der Waals surface area contributed by atoms with Gasteiger partial charge >= 0.3 is 6.18 Å². The summed E-state index contributed by atoms with van der Waals surface area (Å²) in [5.74, 6) is 0.175. The van der Waals surface area contributed by atoms with E-state index in [0.29, 0.717) is 10.2 Å². The zero-order valence-electron chi connectivity index (χ0n) is 10.2. The molecule has 1 saturated carbocycles. The molecule has 0 spiro atoms. The Morgan fingerprint density at radius 3 is 2.63 bits per heavy atom. The first-order valence-electron chi connectivity index (χ1n) is 6.16. The predicted octanol–water partition coefficient (Wildman–Crippen LogP) is 4.04. The normalized spacial score (nSPS) is 23.6. The summed E-state index contributed by atoms with van der Waals surface area (Å²) >= 11 is 3.16. The number of anilines is 1. The van der Waals surface area contributed by atoms with Crippen molar-refractivity contribution in [2.75, 3.05) is 11.9 Å². The number of halogens is 4. The summed E-state index contributed by atoms with van der Waals surface area (Å²) in [5.41, 5.74) is -0.0339. The van der Waals surface area contributed by atoms with Gasteiger partial charge in [0.05, 0.1) is 5.56 Å². The first-order valence-corrected chi connectivity index (χ1v) is 6.95. The highest BCUT2D eigenvalue weighted by molar-refractivity contribution is 9.10. The zero-order valence-corrected chi connectivity index (χ0v) is 11.8. The van der Waals surface area contributed by atoms with Gasteiger partial charge in [0, 0.05) is 28.7 Å². The van der Waals surface area contributed by atoms with Crippen molar-refractivity contribution < 1.29 is 18.3 Å². The van der Waals surface area contributed by atoms with Gasteiger partial charge < -0.3 is 10.4 Å². The Labute approximate surface area is 118 Å². The Hall–Kier alpha value is -0.750. The Morgan fingerprint density at radius 2 is 2.05 bits per heavy atom. The van der Waals surface area contributed by atoms with Crippen LogP contribution in [0.5, 0.6) is 0 Å². The van der Waals surface area contributed by atoms with Crippen molar-refractivity contribution in [1.82, 2.24) is 0 Å². The molecule has 0 bridgehead atoms. The summed E-state index contributed by atoms with van der Waals surface area (Å²) in [6.07, 6.45) is -1.42. The highest BCUT2D eigenvalue weighted by atomic mass is 79.9. The lowest BCUT2D eigenvalue weighted by molar-refractivity contribution is -0.137. The maximum absolute atomic E-state index is 12.5. The van der Waals surface area contributed by atoms with Gasteiger partial charge in [-0.25, -0.2) is 0 Å². The van der Waals surface area contributed by atoms with Crippen molar-refractivity contribution in [1.29, 1.82) is 0 Å². The van der Waals surface area contributed by atoms with Gasteiger partial charge in [-0.15, -0.1) is 0 Å². The summed E-state index contributed by atoms with van der Waals surface area (Å²) < 4.78 is 38.0. The molecule has 19 heavy (non-hydrogen) atoms. The van der Waals surface area contributed by atoms with Crippen LogP contribution < -0.4 is 5.32 Å². The summed E-state index contributed by atoms with van der Waals surface area (Å²) in [5, 5.41) is 12.4. The molecule has 2 unspecified atom stereocenters. The summed E-state index contributed by atoms with van der Waals surface area (Å²) in [6, 6.07) is 3.69. The first-order chi connectivity index (χ1) is 8.91.